The summed E-state index contributed by atoms with van der Waals surface area (Å²) in [5, 5.41) is 0. The summed E-state index contributed by atoms with van der Waals surface area (Å²) in [5.74, 6) is -1.54. The third-order valence-corrected chi connectivity index (χ3v) is 3.77. The number of carbonyl (C=O) groups excluding carboxylic acids is 3. The number of hydrogen-bond acceptors (Lipinski definition) is 5. The Morgan fingerprint density at radius 2 is 1.92 bits per heavy atom. The van der Waals surface area contributed by atoms with Gasteiger partial charge in [0.1, 0.15) is 12.6 Å². The molecule has 0 saturated carbocycles. The minimum absolute atomic E-state index is 0. The topological polar surface area (TPSA) is 116 Å². The van der Waals surface area contributed by atoms with Gasteiger partial charge in [-0.2, -0.15) is 0 Å². The molecule has 2 rings (SSSR count). The summed E-state index contributed by atoms with van der Waals surface area (Å²) in [7, 11) is 0. The van der Waals surface area contributed by atoms with Gasteiger partial charge in [0.05, 0.1) is 12.5 Å². The van der Waals surface area contributed by atoms with Crippen LogP contribution in [0, 0.1) is 0 Å². The lowest BCUT2D eigenvalue weighted by Gasteiger charge is -2.25. The second-order valence-electron chi connectivity index (χ2n) is 5.56. The lowest BCUT2D eigenvalue weighted by molar-refractivity contribution is -0.155. The number of esters is 1. The van der Waals surface area contributed by atoms with Crippen LogP contribution in [0.5, 0.6) is 0 Å². The van der Waals surface area contributed by atoms with Crippen molar-refractivity contribution in [1.82, 2.24) is 4.90 Å². The van der Waals surface area contributed by atoms with Gasteiger partial charge in [0.15, 0.2) is 0 Å². The third-order valence-electron chi connectivity index (χ3n) is 3.77. The van der Waals surface area contributed by atoms with Gasteiger partial charge in [0, 0.05) is 6.54 Å². The number of primary amides is 1. The maximum atomic E-state index is 12.3. The molecule has 0 bridgehead atoms. The minimum Gasteiger partial charge on any atom is -0.459 e. The fourth-order valence-electron chi connectivity index (χ4n) is 2.62. The molecule has 0 spiro atoms. The van der Waals surface area contributed by atoms with Crippen molar-refractivity contribution >= 4 is 30.2 Å². The average molecular weight is 356 g/mol. The fourth-order valence-corrected chi connectivity index (χ4v) is 2.62. The van der Waals surface area contributed by atoms with E-state index < -0.39 is 29.9 Å². The van der Waals surface area contributed by atoms with Crippen molar-refractivity contribution in [3.05, 3.63) is 35.9 Å². The molecule has 1 fully saturated rings. The van der Waals surface area contributed by atoms with Crippen molar-refractivity contribution in [2.75, 3.05) is 6.54 Å². The first kappa shape index (κ1) is 19.9. The Balaban J connectivity index is 0.00000288. The molecule has 1 aromatic carbocycles. The normalized spacial score (nSPS) is 17.7. The second-order valence-corrected chi connectivity index (χ2v) is 5.56. The number of halogens is 1. The van der Waals surface area contributed by atoms with E-state index in [1.54, 1.807) is 0 Å². The molecule has 24 heavy (non-hydrogen) atoms. The van der Waals surface area contributed by atoms with E-state index in [4.69, 9.17) is 16.2 Å². The third kappa shape index (κ3) is 5.21. The lowest BCUT2D eigenvalue weighted by Crippen LogP contribution is -2.49. The van der Waals surface area contributed by atoms with Crippen molar-refractivity contribution in [1.29, 1.82) is 0 Å². The number of ether oxygens (including phenoxy) is 1. The summed E-state index contributed by atoms with van der Waals surface area (Å²) in [4.78, 5) is 36.8. The lowest BCUT2D eigenvalue weighted by atomic mass is 10.1. The van der Waals surface area contributed by atoms with E-state index in [1.165, 1.54) is 4.90 Å². The Hall–Kier alpha value is -2.12. The van der Waals surface area contributed by atoms with Crippen LogP contribution in [0.15, 0.2) is 30.3 Å². The van der Waals surface area contributed by atoms with E-state index in [1.807, 2.05) is 30.3 Å². The Morgan fingerprint density at radius 1 is 1.25 bits per heavy atom. The van der Waals surface area contributed by atoms with Crippen LogP contribution < -0.4 is 11.5 Å². The SMILES string of the molecule is Cl.NC(=O)C[C@H](N)C(=O)N1CCC[C@H]1C(=O)OCc1ccccc1. The number of rotatable bonds is 6. The smallest absolute Gasteiger partial charge is 0.329 e. The molecule has 1 aliphatic rings. The van der Waals surface area contributed by atoms with Crippen molar-refractivity contribution in [3.8, 4) is 0 Å². The standard InChI is InChI=1S/C16H21N3O4.ClH/c17-12(9-14(18)20)15(21)19-8-4-7-13(19)16(22)23-10-11-5-2-1-3-6-11;/h1-3,5-6,12-13H,4,7-10,17H2,(H2,18,20);1H/t12-,13-;/m0./s1. The zero-order chi connectivity index (χ0) is 16.8. The first-order valence-electron chi connectivity index (χ1n) is 7.54. The maximum Gasteiger partial charge on any atom is 0.329 e. The molecule has 132 valence electrons. The summed E-state index contributed by atoms with van der Waals surface area (Å²) in [6.45, 7) is 0.585. The first-order valence-corrected chi connectivity index (χ1v) is 7.54. The number of hydrogen-bond donors (Lipinski definition) is 2. The van der Waals surface area contributed by atoms with Crippen LogP contribution in [0.1, 0.15) is 24.8 Å². The Labute approximate surface area is 146 Å². The highest BCUT2D eigenvalue weighted by molar-refractivity contribution is 5.91. The minimum atomic E-state index is -1.02. The predicted molar refractivity (Wildman–Crippen MR) is 90.0 cm³/mol. The molecule has 0 unspecified atom stereocenters. The van der Waals surface area contributed by atoms with Gasteiger partial charge in [0.25, 0.3) is 0 Å². The van der Waals surface area contributed by atoms with Crippen LogP contribution in [0.4, 0.5) is 0 Å². The molecule has 1 aliphatic heterocycles. The predicted octanol–water partition coefficient (Wildman–Crippen LogP) is 0.345. The van der Waals surface area contributed by atoms with E-state index in [-0.39, 0.29) is 25.4 Å². The van der Waals surface area contributed by atoms with Crippen LogP contribution in [0.2, 0.25) is 0 Å². The van der Waals surface area contributed by atoms with Crippen LogP contribution >= 0.6 is 12.4 Å². The van der Waals surface area contributed by atoms with E-state index in [0.717, 1.165) is 5.56 Å². The highest BCUT2D eigenvalue weighted by atomic mass is 35.5. The monoisotopic (exact) mass is 355 g/mol. The van der Waals surface area contributed by atoms with Crippen molar-refractivity contribution in [2.24, 2.45) is 11.5 Å². The maximum absolute atomic E-state index is 12.3. The number of likely N-dealkylation sites (tertiary alicyclic amines) is 1. The molecule has 1 heterocycles. The molecule has 2 amide bonds. The Bertz CT molecular complexity index is 582. The van der Waals surface area contributed by atoms with E-state index in [2.05, 4.69) is 0 Å². The molecule has 1 saturated heterocycles. The fraction of sp³-hybridized carbons (Fsp3) is 0.438. The van der Waals surface area contributed by atoms with Gasteiger partial charge in [0.2, 0.25) is 11.8 Å². The zero-order valence-electron chi connectivity index (χ0n) is 13.2. The Morgan fingerprint density at radius 3 is 2.54 bits per heavy atom. The molecule has 4 N–H and O–H groups in total. The summed E-state index contributed by atoms with van der Waals surface area (Å²) in [5.41, 5.74) is 11.6. The number of benzene rings is 1. The summed E-state index contributed by atoms with van der Waals surface area (Å²) >= 11 is 0. The highest BCUT2D eigenvalue weighted by Crippen LogP contribution is 2.20. The summed E-state index contributed by atoms with van der Waals surface area (Å²) in [6.07, 6.45) is 0.990. The van der Waals surface area contributed by atoms with Gasteiger partial charge in [-0.25, -0.2) is 4.79 Å². The van der Waals surface area contributed by atoms with Crippen molar-refractivity contribution < 1.29 is 19.1 Å². The van der Waals surface area contributed by atoms with E-state index in [9.17, 15) is 14.4 Å². The van der Waals surface area contributed by atoms with Crippen LogP contribution in [0.3, 0.4) is 0 Å². The van der Waals surface area contributed by atoms with E-state index >= 15 is 0 Å². The number of nitrogens with zero attached hydrogens (tertiary/aromatic N) is 1. The van der Waals surface area contributed by atoms with Crippen LogP contribution in [-0.4, -0.2) is 41.3 Å². The number of carbonyl (C=O) groups is 3. The molecule has 8 heteroatoms. The number of nitrogens with two attached hydrogens (primary N) is 2. The van der Waals surface area contributed by atoms with Crippen LogP contribution in [-0.2, 0) is 25.7 Å². The summed E-state index contributed by atoms with van der Waals surface area (Å²) in [6, 6.07) is 7.64. The average Bonchev–Trinajstić information content (AvgIpc) is 3.01. The van der Waals surface area contributed by atoms with Gasteiger partial charge in [-0.05, 0) is 18.4 Å². The van der Waals surface area contributed by atoms with Gasteiger partial charge in [-0.3, -0.25) is 9.59 Å². The molecule has 0 aliphatic carbocycles. The van der Waals surface area contributed by atoms with E-state index in [0.29, 0.717) is 19.4 Å². The molecule has 2 atom stereocenters. The molecule has 0 aromatic heterocycles. The van der Waals surface area contributed by atoms with Gasteiger partial charge < -0.3 is 21.1 Å². The first-order chi connectivity index (χ1) is 11.0. The van der Waals surface area contributed by atoms with Crippen molar-refractivity contribution in [2.45, 2.75) is 38.0 Å². The quantitative estimate of drug-likeness (QED) is 0.714. The molecule has 1 aromatic rings. The van der Waals surface area contributed by atoms with Gasteiger partial charge >= 0.3 is 5.97 Å². The zero-order valence-corrected chi connectivity index (χ0v) is 14.0. The summed E-state index contributed by atoms with van der Waals surface area (Å²) < 4.78 is 5.29. The largest absolute Gasteiger partial charge is 0.459 e. The molecular formula is C16H22ClN3O4. The molecular weight excluding hydrogens is 334 g/mol. The molecule has 0 radical (unpaired) electrons. The molecule has 7 nitrogen and oxygen atoms in total. The highest BCUT2D eigenvalue weighted by Gasteiger charge is 2.37. The van der Waals surface area contributed by atoms with Gasteiger partial charge in [-0.15, -0.1) is 12.4 Å². The number of amides is 2. The van der Waals surface area contributed by atoms with Crippen molar-refractivity contribution in [3.63, 3.8) is 0 Å². The van der Waals surface area contributed by atoms with Crippen LogP contribution in [0.25, 0.3) is 0 Å². The second kappa shape index (κ2) is 9.24. The Kier molecular flexibility index (Phi) is 7.67. The van der Waals surface area contributed by atoms with Gasteiger partial charge in [-0.1, -0.05) is 30.3 Å².